The van der Waals surface area contributed by atoms with Crippen LogP contribution in [0, 0.1) is 0 Å². The van der Waals surface area contributed by atoms with Crippen LogP contribution < -0.4 is 0 Å². The van der Waals surface area contributed by atoms with Crippen LogP contribution in [0.25, 0.3) is 64.6 Å². The van der Waals surface area contributed by atoms with Gasteiger partial charge in [0.05, 0.1) is 0 Å². The first kappa shape index (κ1) is 14.4. The number of hydrogen-bond acceptors (Lipinski definition) is 0. The Morgan fingerprint density at radius 3 is 1.64 bits per heavy atom. The number of hydrogen-bond donors (Lipinski definition) is 0. The monoisotopic (exact) mass is 352 g/mol. The molecule has 0 heterocycles. The van der Waals surface area contributed by atoms with Gasteiger partial charge in [0.2, 0.25) is 0 Å². The molecule has 0 aliphatic carbocycles. The number of rotatable bonds is 0. The van der Waals surface area contributed by atoms with E-state index in [2.05, 4.69) is 97.1 Å². The van der Waals surface area contributed by atoms with E-state index in [1.165, 1.54) is 64.6 Å². The molecule has 0 radical (unpaired) electrons. The maximum absolute atomic E-state index is 2.38. The van der Waals surface area contributed by atoms with Crippen molar-refractivity contribution >= 4 is 64.6 Å². The molecule has 7 aromatic carbocycles. The Balaban J connectivity index is 1.91. The van der Waals surface area contributed by atoms with E-state index in [4.69, 9.17) is 0 Å². The standard InChI is InChI=1S/C28H16/c1-2-7-19-16-25-21(14-18(19)6-1)15-20-10-5-12-23-22-11-3-8-17-9-4-13-24(26(17)22)28(25)27(20)23/h1-16H. The van der Waals surface area contributed by atoms with E-state index in [9.17, 15) is 0 Å². The summed E-state index contributed by atoms with van der Waals surface area (Å²) in [5, 5.41) is 16.1. The minimum atomic E-state index is 1.30. The van der Waals surface area contributed by atoms with Crippen molar-refractivity contribution < 1.29 is 0 Å². The fraction of sp³-hybridized carbons (Fsp3) is 0. The normalized spacial score (nSPS) is 12.3. The second kappa shape index (κ2) is 4.99. The quantitative estimate of drug-likeness (QED) is 0.191. The molecule has 0 aliphatic heterocycles. The molecule has 0 unspecified atom stereocenters. The molecule has 28 heavy (non-hydrogen) atoms. The molecule has 0 nitrogen and oxygen atoms in total. The van der Waals surface area contributed by atoms with Crippen LogP contribution in [0.1, 0.15) is 0 Å². The van der Waals surface area contributed by atoms with E-state index in [1.54, 1.807) is 0 Å². The average Bonchev–Trinajstić information content (AvgIpc) is 2.75. The predicted molar refractivity (Wildman–Crippen MR) is 123 cm³/mol. The van der Waals surface area contributed by atoms with E-state index in [-0.39, 0.29) is 0 Å². The van der Waals surface area contributed by atoms with Crippen LogP contribution in [0.5, 0.6) is 0 Å². The van der Waals surface area contributed by atoms with Gasteiger partial charge in [0, 0.05) is 0 Å². The molecule has 0 amide bonds. The zero-order valence-corrected chi connectivity index (χ0v) is 15.2. The van der Waals surface area contributed by atoms with Gasteiger partial charge in [0.15, 0.2) is 0 Å². The molecule has 0 N–H and O–H groups in total. The Labute approximate surface area is 162 Å². The Hall–Kier alpha value is -3.64. The Bertz CT molecular complexity index is 1700. The third-order valence-electron chi connectivity index (χ3n) is 6.31. The lowest BCUT2D eigenvalue weighted by molar-refractivity contribution is 1.79. The molecule has 128 valence electrons. The maximum Gasteiger partial charge on any atom is -0.00139 e. The highest BCUT2D eigenvalue weighted by atomic mass is 14.2. The molecule has 0 fully saturated rings. The summed E-state index contributed by atoms with van der Waals surface area (Å²) < 4.78 is 0. The van der Waals surface area contributed by atoms with Crippen LogP contribution in [-0.2, 0) is 0 Å². The molecule has 0 aliphatic rings. The highest BCUT2D eigenvalue weighted by Gasteiger charge is 2.15. The Morgan fingerprint density at radius 2 is 0.857 bits per heavy atom. The third kappa shape index (κ3) is 1.70. The van der Waals surface area contributed by atoms with Gasteiger partial charge in [-0.1, -0.05) is 78.9 Å². The molecular weight excluding hydrogens is 336 g/mol. The molecule has 0 saturated heterocycles. The molecule has 0 heteroatoms. The second-order valence-electron chi connectivity index (χ2n) is 7.79. The lowest BCUT2D eigenvalue weighted by atomic mass is 9.86. The van der Waals surface area contributed by atoms with Gasteiger partial charge in [-0.25, -0.2) is 0 Å². The molecular formula is C28H16. The van der Waals surface area contributed by atoms with E-state index in [1.807, 2.05) is 0 Å². The highest BCUT2D eigenvalue weighted by molar-refractivity contribution is 6.38. The zero-order chi connectivity index (χ0) is 18.2. The topological polar surface area (TPSA) is 0 Å². The summed E-state index contributed by atoms with van der Waals surface area (Å²) >= 11 is 0. The first-order valence-corrected chi connectivity index (χ1v) is 9.79. The van der Waals surface area contributed by atoms with Gasteiger partial charge in [-0.15, -0.1) is 0 Å². The van der Waals surface area contributed by atoms with Crippen molar-refractivity contribution in [3.63, 3.8) is 0 Å². The summed E-state index contributed by atoms with van der Waals surface area (Å²) in [4.78, 5) is 0. The van der Waals surface area contributed by atoms with Gasteiger partial charge < -0.3 is 0 Å². The molecule has 0 saturated carbocycles. The Kier molecular flexibility index (Phi) is 2.57. The van der Waals surface area contributed by atoms with E-state index >= 15 is 0 Å². The second-order valence-corrected chi connectivity index (χ2v) is 7.79. The predicted octanol–water partition coefficient (Wildman–Crippen LogP) is 8.04. The average molecular weight is 352 g/mol. The lowest BCUT2D eigenvalue weighted by Gasteiger charge is -2.16. The molecule has 0 atom stereocenters. The molecule has 7 rings (SSSR count). The first-order chi connectivity index (χ1) is 13.9. The van der Waals surface area contributed by atoms with Crippen molar-refractivity contribution in [2.24, 2.45) is 0 Å². The highest BCUT2D eigenvalue weighted by Crippen LogP contribution is 2.43. The van der Waals surface area contributed by atoms with Crippen molar-refractivity contribution in [2.45, 2.75) is 0 Å². The van der Waals surface area contributed by atoms with Crippen LogP contribution in [-0.4, -0.2) is 0 Å². The van der Waals surface area contributed by atoms with E-state index in [0.717, 1.165) is 0 Å². The van der Waals surface area contributed by atoms with Crippen LogP contribution in [0.2, 0.25) is 0 Å². The van der Waals surface area contributed by atoms with Gasteiger partial charge in [0.25, 0.3) is 0 Å². The minimum absolute atomic E-state index is 1.30. The smallest absolute Gasteiger partial charge is 0.00139 e. The van der Waals surface area contributed by atoms with Crippen molar-refractivity contribution in [2.75, 3.05) is 0 Å². The van der Waals surface area contributed by atoms with E-state index < -0.39 is 0 Å². The van der Waals surface area contributed by atoms with Crippen LogP contribution in [0.4, 0.5) is 0 Å². The van der Waals surface area contributed by atoms with Gasteiger partial charge in [-0.2, -0.15) is 0 Å². The van der Waals surface area contributed by atoms with Gasteiger partial charge >= 0.3 is 0 Å². The van der Waals surface area contributed by atoms with Gasteiger partial charge in [-0.05, 0) is 82.8 Å². The molecule has 0 aromatic heterocycles. The summed E-state index contributed by atoms with van der Waals surface area (Å²) in [6.07, 6.45) is 0. The summed E-state index contributed by atoms with van der Waals surface area (Å²) in [6, 6.07) is 35.9. The van der Waals surface area contributed by atoms with Crippen molar-refractivity contribution in [1.29, 1.82) is 0 Å². The zero-order valence-electron chi connectivity index (χ0n) is 15.2. The van der Waals surface area contributed by atoms with E-state index in [0.29, 0.717) is 0 Å². The fourth-order valence-corrected chi connectivity index (χ4v) is 5.14. The van der Waals surface area contributed by atoms with Crippen LogP contribution >= 0.6 is 0 Å². The third-order valence-corrected chi connectivity index (χ3v) is 6.31. The molecule has 0 bridgehead atoms. The van der Waals surface area contributed by atoms with Crippen molar-refractivity contribution in [3.8, 4) is 0 Å². The largest absolute Gasteiger partial charge is 0.0616 e. The molecule has 7 aromatic rings. The summed E-state index contributed by atoms with van der Waals surface area (Å²) in [6.45, 7) is 0. The summed E-state index contributed by atoms with van der Waals surface area (Å²) in [7, 11) is 0. The summed E-state index contributed by atoms with van der Waals surface area (Å²) in [5.41, 5.74) is 0. The van der Waals surface area contributed by atoms with Crippen LogP contribution in [0.3, 0.4) is 0 Å². The summed E-state index contributed by atoms with van der Waals surface area (Å²) in [5.74, 6) is 0. The van der Waals surface area contributed by atoms with Gasteiger partial charge in [0.1, 0.15) is 0 Å². The van der Waals surface area contributed by atoms with Crippen LogP contribution in [0.15, 0.2) is 97.1 Å². The lowest BCUT2D eigenvalue weighted by Crippen LogP contribution is -1.88. The van der Waals surface area contributed by atoms with Crippen molar-refractivity contribution in [3.05, 3.63) is 97.1 Å². The number of benzene rings is 7. The maximum atomic E-state index is 2.38. The molecule has 0 spiro atoms. The number of fused-ring (bicyclic) bond motifs is 5. The minimum Gasteiger partial charge on any atom is -0.0616 e. The Morgan fingerprint density at radius 1 is 0.286 bits per heavy atom. The fourth-order valence-electron chi connectivity index (χ4n) is 5.14. The SMILES string of the molecule is c1ccc2cc3c(cc2c1)cc1cccc2c4cccc5cccc(c54)c3c12. The first-order valence-electron chi connectivity index (χ1n) is 9.79. The van der Waals surface area contributed by atoms with Gasteiger partial charge in [-0.3, -0.25) is 0 Å². The van der Waals surface area contributed by atoms with Crippen molar-refractivity contribution in [1.82, 2.24) is 0 Å².